The Labute approximate surface area is 126 Å². The lowest BCUT2D eigenvalue weighted by atomic mass is 10.1. The van der Waals surface area contributed by atoms with Crippen LogP contribution in [0.5, 0.6) is 0 Å². The molecule has 0 fully saturated rings. The molecule has 0 aliphatic carbocycles. The van der Waals surface area contributed by atoms with Crippen molar-refractivity contribution < 1.29 is 19.1 Å². The number of rotatable bonds is 4. The van der Waals surface area contributed by atoms with Crippen LogP contribution in [-0.2, 0) is 19.1 Å². The van der Waals surface area contributed by atoms with Crippen LogP contribution < -0.4 is 0 Å². The number of carbonyl (C=O) groups is 2. The van der Waals surface area contributed by atoms with E-state index >= 15 is 0 Å². The molecule has 1 aromatic heterocycles. The van der Waals surface area contributed by atoms with Gasteiger partial charge in [-0.1, -0.05) is 0 Å². The Kier molecular flexibility index (Phi) is 5.62. The Balaban J connectivity index is 3.05. The Morgan fingerprint density at radius 2 is 1.90 bits per heavy atom. The van der Waals surface area contributed by atoms with Crippen molar-refractivity contribution in [3.63, 3.8) is 0 Å². The smallest absolute Gasteiger partial charge is 0.327 e. The van der Waals surface area contributed by atoms with Gasteiger partial charge in [-0.2, -0.15) is 0 Å². The summed E-state index contributed by atoms with van der Waals surface area (Å²) < 4.78 is 10.6. The molecule has 7 heteroatoms. The highest BCUT2D eigenvalue weighted by Gasteiger charge is 2.35. The fourth-order valence-corrected chi connectivity index (χ4v) is 1.60. The number of ether oxygens (including phenoxy) is 2. The third-order valence-electron chi connectivity index (χ3n) is 2.10. The van der Waals surface area contributed by atoms with E-state index in [4.69, 9.17) is 9.47 Å². The van der Waals surface area contributed by atoms with Gasteiger partial charge in [0.15, 0.2) is 5.92 Å². The molecule has 1 atom stereocenters. The van der Waals surface area contributed by atoms with Crippen LogP contribution in [0.2, 0.25) is 0 Å². The van der Waals surface area contributed by atoms with Crippen molar-refractivity contribution in [2.24, 2.45) is 0 Å². The predicted molar refractivity (Wildman–Crippen MR) is 75.0 cm³/mol. The molecular formula is C13H17BrN2O4. The molecule has 1 unspecified atom stereocenters. The van der Waals surface area contributed by atoms with E-state index < -0.39 is 23.5 Å². The minimum absolute atomic E-state index is 0.169. The van der Waals surface area contributed by atoms with E-state index in [0.717, 1.165) is 0 Å². The number of nitrogens with zero attached hydrogens (tertiary/aromatic N) is 2. The lowest BCUT2D eigenvalue weighted by Gasteiger charge is -2.22. The van der Waals surface area contributed by atoms with Gasteiger partial charge in [-0.25, -0.2) is 4.98 Å². The second kappa shape index (κ2) is 6.78. The molecule has 0 bridgehead atoms. The van der Waals surface area contributed by atoms with Crippen LogP contribution in [-0.4, -0.2) is 34.1 Å². The van der Waals surface area contributed by atoms with Crippen LogP contribution in [0.4, 0.5) is 0 Å². The zero-order chi connectivity index (χ0) is 15.3. The normalized spacial score (nSPS) is 12.7. The Morgan fingerprint density at radius 1 is 1.25 bits per heavy atom. The summed E-state index contributed by atoms with van der Waals surface area (Å²) in [5, 5.41) is 0. The summed E-state index contributed by atoms with van der Waals surface area (Å²) in [4.78, 5) is 32.1. The molecule has 0 aliphatic heterocycles. The van der Waals surface area contributed by atoms with Gasteiger partial charge in [0.2, 0.25) is 0 Å². The number of esters is 2. The second-order valence-corrected chi connectivity index (χ2v) is 5.79. The summed E-state index contributed by atoms with van der Waals surface area (Å²) in [6, 6.07) is 0. The molecule has 0 aromatic carbocycles. The zero-order valence-electron chi connectivity index (χ0n) is 11.8. The highest BCUT2D eigenvalue weighted by atomic mass is 79.9. The first-order valence-electron chi connectivity index (χ1n) is 6.11. The van der Waals surface area contributed by atoms with E-state index in [-0.39, 0.29) is 12.3 Å². The van der Waals surface area contributed by atoms with Crippen molar-refractivity contribution >= 4 is 27.9 Å². The Morgan fingerprint density at radius 3 is 2.35 bits per heavy atom. The average molecular weight is 345 g/mol. The lowest BCUT2D eigenvalue weighted by Crippen LogP contribution is -2.33. The van der Waals surface area contributed by atoms with Gasteiger partial charge in [-0.15, -0.1) is 0 Å². The largest absolute Gasteiger partial charge is 0.465 e. The van der Waals surface area contributed by atoms with Crippen LogP contribution in [0.3, 0.4) is 0 Å². The number of aromatic nitrogens is 2. The molecule has 0 amide bonds. The van der Waals surface area contributed by atoms with Gasteiger partial charge in [0.05, 0.1) is 24.7 Å². The number of halogens is 1. The van der Waals surface area contributed by atoms with Crippen molar-refractivity contribution in [2.75, 3.05) is 6.61 Å². The molecule has 0 N–H and O–H groups in total. The van der Waals surface area contributed by atoms with Gasteiger partial charge in [0.1, 0.15) is 10.2 Å². The molecule has 1 aromatic rings. The molecule has 110 valence electrons. The molecule has 0 saturated carbocycles. The van der Waals surface area contributed by atoms with E-state index in [1.165, 1.54) is 12.4 Å². The third kappa shape index (κ3) is 4.88. The SMILES string of the molecule is CCOC(=O)C(C(=O)OC(C)(C)C)c1cnc(Br)cn1. The Hall–Kier alpha value is -1.50. The topological polar surface area (TPSA) is 78.4 Å². The maximum absolute atomic E-state index is 12.2. The van der Waals surface area contributed by atoms with Crippen LogP contribution in [0.25, 0.3) is 0 Å². The summed E-state index contributed by atoms with van der Waals surface area (Å²) in [7, 11) is 0. The number of carbonyl (C=O) groups excluding carboxylic acids is 2. The summed E-state index contributed by atoms with van der Waals surface area (Å²) in [5.74, 6) is -2.62. The number of hydrogen-bond acceptors (Lipinski definition) is 6. The summed E-state index contributed by atoms with van der Waals surface area (Å²) >= 11 is 3.14. The van der Waals surface area contributed by atoms with Crippen LogP contribution in [0.15, 0.2) is 17.0 Å². The van der Waals surface area contributed by atoms with Gasteiger partial charge in [0, 0.05) is 0 Å². The molecule has 6 nitrogen and oxygen atoms in total. The molecule has 0 spiro atoms. The molecule has 20 heavy (non-hydrogen) atoms. The highest BCUT2D eigenvalue weighted by molar-refractivity contribution is 9.10. The average Bonchev–Trinajstić information content (AvgIpc) is 2.30. The highest BCUT2D eigenvalue weighted by Crippen LogP contribution is 2.21. The molecule has 1 heterocycles. The maximum atomic E-state index is 12.2. The van der Waals surface area contributed by atoms with Crippen molar-refractivity contribution in [3.05, 3.63) is 22.7 Å². The summed E-state index contributed by atoms with van der Waals surface area (Å²) in [5.41, 5.74) is -0.508. The minimum atomic E-state index is -1.23. The Bertz CT molecular complexity index is 482. The first-order chi connectivity index (χ1) is 9.24. The van der Waals surface area contributed by atoms with Crippen LogP contribution in [0, 0.1) is 0 Å². The first kappa shape index (κ1) is 16.6. The lowest BCUT2D eigenvalue weighted by molar-refractivity contribution is -0.164. The van der Waals surface area contributed by atoms with Gasteiger partial charge in [-0.05, 0) is 43.6 Å². The molecular weight excluding hydrogens is 328 g/mol. The van der Waals surface area contributed by atoms with Crippen LogP contribution >= 0.6 is 15.9 Å². The molecule has 1 rings (SSSR count). The molecule has 0 radical (unpaired) electrons. The molecule has 0 aliphatic rings. The third-order valence-corrected chi connectivity index (χ3v) is 2.51. The van der Waals surface area contributed by atoms with Crippen LogP contribution in [0.1, 0.15) is 39.3 Å². The van der Waals surface area contributed by atoms with Crippen molar-refractivity contribution in [1.82, 2.24) is 9.97 Å². The summed E-state index contributed by atoms with van der Waals surface area (Å²) in [6.45, 7) is 7.00. The van der Waals surface area contributed by atoms with E-state index in [9.17, 15) is 9.59 Å². The maximum Gasteiger partial charge on any atom is 0.327 e. The number of hydrogen-bond donors (Lipinski definition) is 0. The van der Waals surface area contributed by atoms with E-state index in [1.54, 1.807) is 27.7 Å². The zero-order valence-corrected chi connectivity index (χ0v) is 13.4. The second-order valence-electron chi connectivity index (χ2n) is 4.98. The quantitative estimate of drug-likeness (QED) is 0.615. The van der Waals surface area contributed by atoms with E-state index in [0.29, 0.717) is 4.60 Å². The van der Waals surface area contributed by atoms with Crippen molar-refractivity contribution in [2.45, 2.75) is 39.2 Å². The first-order valence-corrected chi connectivity index (χ1v) is 6.91. The monoisotopic (exact) mass is 344 g/mol. The minimum Gasteiger partial charge on any atom is -0.465 e. The fraction of sp³-hybridized carbons (Fsp3) is 0.538. The van der Waals surface area contributed by atoms with Gasteiger partial charge in [0.25, 0.3) is 0 Å². The van der Waals surface area contributed by atoms with Gasteiger partial charge >= 0.3 is 11.9 Å². The van der Waals surface area contributed by atoms with Gasteiger partial charge in [-0.3, -0.25) is 14.6 Å². The van der Waals surface area contributed by atoms with Gasteiger partial charge < -0.3 is 9.47 Å². The standard InChI is InChI=1S/C13H17BrN2O4/c1-5-19-11(17)10(12(18)20-13(2,3)4)8-6-16-9(14)7-15-8/h6-7,10H,5H2,1-4H3. The van der Waals surface area contributed by atoms with E-state index in [2.05, 4.69) is 25.9 Å². The summed E-state index contributed by atoms with van der Waals surface area (Å²) in [6.07, 6.45) is 2.75. The fourth-order valence-electron chi connectivity index (χ4n) is 1.40. The van der Waals surface area contributed by atoms with Crippen molar-refractivity contribution in [1.29, 1.82) is 0 Å². The molecule has 0 saturated heterocycles. The van der Waals surface area contributed by atoms with Crippen molar-refractivity contribution in [3.8, 4) is 0 Å². The predicted octanol–water partition coefficient (Wildman–Crippen LogP) is 2.23. The van der Waals surface area contributed by atoms with E-state index in [1.807, 2.05) is 0 Å².